The predicted molar refractivity (Wildman–Crippen MR) is 229 cm³/mol. The zero-order valence-corrected chi connectivity index (χ0v) is 35.9. The monoisotopic (exact) mass is 865 g/mol. The molecule has 0 saturated heterocycles. The van der Waals surface area contributed by atoms with Gasteiger partial charge in [0.15, 0.2) is 0 Å². The number of rotatable bonds is 25. The Hall–Kier alpha value is -3.72. The number of halogens is 3. The third-order valence-corrected chi connectivity index (χ3v) is 11.8. The number of hydrogen-bond acceptors (Lipinski definition) is 8. The molecule has 0 saturated carbocycles. The van der Waals surface area contributed by atoms with E-state index < -0.39 is 40.1 Å². The second-order valence-electron chi connectivity index (χ2n) is 13.6. The summed E-state index contributed by atoms with van der Waals surface area (Å²) >= 11 is 19.3. The summed E-state index contributed by atoms with van der Waals surface area (Å²) in [4.78, 5) is 35.8. The molecule has 1 atom stereocenters. The maximum atomic E-state index is 14.5. The molecule has 0 aliphatic rings. The Morgan fingerprint density at radius 3 is 2.16 bits per heavy atom. The van der Waals surface area contributed by atoms with E-state index in [2.05, 4.69) is 17.1 Å². The number of unbranched alkanes of at least 4 members (excludes halogenated alkanes) is 9. The van der Waals surface area contributed by atoms with Crippen molar-refractivity contribution in [2.24, 2.45) is 0 Å². The number of benzene rings is 3. The highest BCUT2D eigenvalue weighted by atomic mass is 35.5. The van der Waals surface area contributed by atoms with Crippen LogP contribution in [0.5, 0.6) is 11.8 Å². The van der Waals surface area contributed by atoms with E-state index in [-0.39, 0.29) is 51.9 Å². The van der Waals surface area contributed by atoms with Crippen molar-refractivity contribution in [3.05, 3.63) is 97.8 Å². The number of nitrogens with one attached hydrogen (secondary N) is 2. The highest BCUT2D eigenvalue weighted by Gasteiger charge is 2.35. The van der Waals surface area contributed by atoms with E-state index in [0.717, 1.165) is 29.4 Å². The largest absolute Gasteiger partial charge is 0.491 e. The van der Waals surface area contributed by atoms with E-state index >= 15 is 0 Å². The lowest BCUT2D eigenvalue weighted by Gasteiger charge is -2.27. The number of hydrogen-bond donors (Lipinski definition) is 3. The SMILES string of the molecule is CCCCCCCCCCCCNS(=O)(=O)c1ccc(Cl)c(NOCC(C(=O)N(CC)c2cc(Cl)ccc2Cl)n2c(O)c(OCC)n(Cc3ccccc3)c2=O)c1. The number of aromatic nitrogens is 2. The van der Waals surface area contributed by atoms with Crippen LogP contribution >= 0.6 is 34.8 Å². The van der Waals surface area contributed by atoms with Gasteiger partial charge in [-0.2, -0.15) is 0 Å². The number of amides is 1. The molecule has 0 spiro atoms. The van der Waals surface area contributed by atoms with Gasteiger partial charge in [0, 0.05) is 18.1 Å². The third kappa shape index (κ3) is 12.9. The average molecular weight is 867 g/mol. The minimum atomic E-state index is -3.89. The number of carbonyl (C=O) groups excluding carboxylic acids is 1. The predicted octanol–water partition coefficient (Wildman–Crippen LogP) is 9.60. The molecule has 0 radical (unpaired) electrons. The van der Waals surface area contributed by atoms with Crippen LogP contribution in [0.25, 0.3) is 0 Å². The summed E-state index contributed by atoms with van der Waals surface area (Å²) in [5, 5.41) is 12.2. The van der Waals surface area contributed by atoms with Crippen LogP contribution in [0.2, 0.25) is 15.1 Å². The number of nitrogens with zero attached hydrogens (tertiary/aromatic N) is 3. The quantitative estimate of drug-likeness (QED) is 0.0442. The van der Waals surface area contributed by atoms with Gasteiger partial charge in [-0.1, -0.05) is 130 Å². The first-order valence-corrected chi connectivity index (χ1v) is 22.2. The van der Waals surface area contributed by atoms with Crippen molar-refractivity contribution in [1.82, 2.24) is 13.9 Å². The van der Waals surface area contributed by atoms with Gasteiger partial charge in [-0.05, 0) is 62.2 Å². The van der Waals surface area contributed by atoms with Gasteiger partial charge in [0.1, 0.15) is 12.6 Å². The smallest absolute Gasteiger partial charge is 0.335 e. The average Bonchev–Trinajstić information content (AvgIpc) is 3.41. The Bertz CT molecular complexity index is 2060. The van der Waals surface area contributed by atoms with Crippen molar-refractivity contribution in [2.75, 3.05) is 36.7 Å². The van der Waals surface area contributed by atoms with Crippen molar-refractivity contribution in [3.8, 4) is 11.8 Å². The van der Waals surface area contributed by atoms with Crippen LogP contribution in [0.1, 0.15) is 96.6 Å². The molecule has 0 bridgehead atoms. The number of ether oxygens (including phenoxy) is 1. The summed E-state index contributed by atoms with van der Waals surface area (Å²) in [7, 11) is -3.89. The Kier molecular flexibility index (Phi) is 18.6. The van der Waals surface area contributed by atoms with Gasteiger partial charge in [0.25, 0.3) is 17.7 Å². The molecule has 4 rings (SSSR count). The summed E-state index contributed by atoms with van der Waals surface area (Å²) in [6.45, 7) is 5.66. The number of carbonyl (C=O) groups is 1. The maximum Gasteiger partial charge on any atom is 0.335 e. The molecule has 0 aliphatic heterocycles. The summed E-state index contributed by atoms with van der Waals surface area (Å²) in [5.41, 5.74) is 3.05. The molecule has 3 N–H and O–H groups in total. The van der Waals surface area contributed by atoms with E-state index in [4.69, 9.17) is 44.4 Å². The fourth-order valence-corrected chi connectivity index (χ4v) is 8.06. The molecule has 16 heteroatoms. The molecule has 0 aliphatic carbocycles. The highest BCUT2D eigenvalue weighted by molar-refractivity contribution is 7.89. The van der Waals surface area contributed by atoms with Crippen molar-refractivity contribution in [2.45, 2.75) is 102 Å². The fourth-order valence-electron chi connectivity index (χ4n) is 6.42. The van der Waals surface area contributed by atoms with Gasteiger partial charge in [-0.25, -0.2) is 22.5 Å². The molecule has 1 unspecified atom stereocenters. The van der Waals surface area contributed by atoms with E-state index in [1.165, 1.54) is 72.3 Å². The zero-order chi connectivity index (χ0) is 41.4. The van der Waals surface area contributed by atoms with Crippen molar-refractivity contribution in [3.63, 3.8) is 0 Å². The molecule has 312 valence electrons. The second kappa shape index (κ2) is 23.0. The zero-order valence-electron chi connectivity index (χ0n) is 32.8. The van der Waals surface area contributed by atoms with Crippen LogP contribution in [-0.4, -0.2) is 54.9 Å². The van der Waals surface area contributed by atoms with Crippen LogP contribution in [0, 0.1) is 0 Å². The molecule has 1 aromatic heterocycles. The van der Waals surface area contributed by atoms with E-state index in [1.807, 2.05) is 30.3 Å². The van der Waals surface area contributed by atoms with Crippen molar-refractivity contribution < 1.29 is 27.9 Å². The van der Waals surface area contributed by atoms with Gasteiger partial charge in [-0.3, -0.25) is 19.7 Å². The van der Waals surface area contributed by atoms with E-state index in [0.29, 0.717) is 18.0 Å². The van der Waals surface area contributed by atoms with Crippen LogP contribution in [0.4, 0.5) is 11.4 Å². The first-order chi connectivity index (χ1) is 27.4. The number of anilines is 2. The Labute approximate surface area is 351 Å². The third-order valence-electron chi connectivity index (χ3n) is 9.44. The second-order valence-corrected chi connectivity index (χ2v) is 16.6. The van der Waals surface area contributed by atoms with Crippen LogP contribution in [0.3, 0.4) is 0 Å². The van der Waals surface area contributed by atoms with Gasteiger partial charge in [-0.15, -0.1) is 0 Å². The Morgan fingerprint density at radius 2 is 1.51 bits per heavy atom. The molecular weight excluding hydrogens is 813 g/mol. The highest BCUT2D eigenvalue weighted by Crippen LogP contribution is 2.34. The van der Waals surface area contributed by atoms with Crippen LogP contribution < -0.4 is 25.5 Å². The van der Waals surface area contributed by atoms with Gasteiger partial charge in [0.2, 0.25) is 10.0 Å². The molecule has 1 heterocycles. The summed E-state index contributed by atoms with van der Waals surface area (Å²) < 4.78 is 37.0. The lowest BCUT2D eigenvalue weighted by Crippen LogP contribution is -2.43. The Balaban J connectivity index is 1.54. The first-order valence-electron chi connectivity index (χ1n) is 19.6. The molecular formula is C41H54Cl3N5O7S. The molecule has 0 fully saturated rings. The minimum absolute atomic E-state index is 0.0390. The van der Waals surface area contributed by atoms with Gasteiger partial charge < -0.3 is 14.7 Å². The Morgan fingerprint density at radius 1 is 0.860 bits per heavy atom. The normalized spacial score (nSPS) is 12.1. The molecule has 4 aromatic rings. The lowest BCUT2D eigenvalue weighted by molar-refractivity contribution is -0.123. The van der Waals surface area contributed by atoms with E-state index in [9.17, 15) is 23.1 Å². The van der Waals surface area contributed by atoms with Gasteiger partial charge >= 0.3 is 5.69 Å². The van der Waals surface area contributed by atoms with Crippen molar-refractivity contribution >= 4 is 62.1 Å². The number of imidazole rings is 1. The molecule has 1 amide bonds. The number of aromatic hydroxyl groups is 1. The summed E-state index contributed by atoms with van der Waals surface area (Å²) in [5.74, 6) is -1.39. The van der Waals surface area contributed by atoms with E-state index in [1.54, 1.807) is 26.0 Å². The molecule has 57 heavy (non-hydrogen) atoms. The summed E-state index contributed by atoms with van der Waals surface area (Å²) in [6, 6.07) is 16.4. The van der Waals surface area contributed by atoms with Crippen LogP contribution in [0.15, 0.2) is 76.4 Å². The topological polar surface area (TPSA) is 144 Å². The fraction of sp³-hybridized carbons (Fsp3) is 0.463. The van der Waals surface area contributed by atoms with Gasteiger partial charge in [0.05, 0.1) is 39.5 Å². The van der Waals surface area contributed by atoms with Crippen LogP contribution in [-0.2, 0) is 26.2 Å². The minimum Gasteiger partial charge on any atom is -0.491 e. The molecule has 3 aromatic carbocycles. The molecule has 12 nitrogen and oxygen atoms in total. The van der Waals surface area contributed by atoms with Crippen molar-refractivity contribution in [1.29, 1.82) is 0 Å². The number of likely N-dealkylation sites (N-methyl/N-ethyl adjacent to an activating group) is 1. The summed E-state index contributed by atoms with van der Waals surface area (Å²) in [6.07, 6.45) is 11.4. The maximum absolute atomic E-state index is 14.5. The lowest BCUT2D eigenvalue weighted by atomic mass is 10.1. The number of sulfonamides is 1. The first kappa shape index (κ1) is 46.0. The standard InChI is InChI=1S/C41H54Cl3N5O7S/c1-4-7-8-9-10-11-12-13-14-18-25-45-57(53,54)32-22-24-33(43)35(27-32)46-56-29-37(38(50)47(5-2)36-26-31(42)21-23-34(36)44)49-39(51)40(55-6-3)48(41(49)52)28-30-19-16-15-17-20-30/h15-17,19-24,26-27,37,45-46,51H,4-14,18,25,28-29H2,1-3H3.